The van der Waals surface area contributed by atoms with Crippen LogP contribution in [0.15, 0.2) is 24.3 Å². The van der Waals surface area contributed by atoms with Crippen molar-refractivity contribution in [2.24, 2.45) is 5.73 Å². The van der Waals surface area contributed by atoms with E-state index in [0.717, 1.165) is 43.8 Å². The number of hydrogen-bond acceptors (Lipinski definition) is 4. The van der Waals surface area contributed by atoms with Gasteiger partial charge in [-0.2, -0.15) is 0 Å². The van der Waals surface area contributed by atoms with E-state index in [1.54, 1.807) is 0 Å². The number of nitrogens with zero attached hydrogens (tertiary/aromatic N) is 1. The molecule has 1 aliphatic rings. The highest BCUT2D eigenvalue weighted by Crippen LogP contribution is 2.13. The molecule has 1 unspecified atom stereocenters. The highest BCUT2D eigenvalue weighted by molar-refractivity contribution is 5.28. The van der Waals surface area contributed by atoms with E-state index in [1.165, 1.54) is 0 Å². The third-order valence-electron chi connectivity index (χ3n) is 3.29. The molecule has 0 amide bonds. The molecule has 1 fully saturated rings. The first kappa shape index (κ1) is 13.3. The molecule has 1 heterocycles. The molecular formula is C14H22N2O2. The Labute approximate surface area is 108 Å². The van der Waals surface area contributed by atoms with Crippen LogP contribution in [-0.4, -0.2) is 42.4 Å². The number of β-amino-alcohol motifs (C(OH)–C–C–N with tert-alkyl or cyclic N) is 1. The van der Waals surface area contributed by atoms with Gasteiger partial charge < -0.3 is 15.6 Å². The Kier molecular flexibility index (Phi) is 4.99. The minimum atomic E-state index is -0.167. The van der Waals surface area contributed by atoms with E-state index in [2.05, 4.69) is 4.90 Å². The predicted molar refractivity (Wildman–Crippen MR) is 71.5 cm³/mol. The summed E-state index contributed by atoms with van der Waals surface area (Å²) in [5.74, 6) is 0.871. The average molecular weight is 250 g/mol. The molecule has 0 saturated carbocycles. The first-order valence-corrected chi connectivity index (χ1v) is 6.60. The first-order chi connectivity index (χ1) is 8.78. The van der Waals surface area contributed by atoms with Crippen LogP contribution in [0, 0.1) is 0 Å². The molecule has 3 N–H and O–H groups in total. The SMILES string of the molecule is NCc1cccc(OCCN2CCCC(O)C2)c1. The van der Waals surface area contributed by atoms with Crippen molar-refractivity contribution in [1.82, 2.24) is 4.90 Å². The Morgan fingerprint density at radius 2 is 2.33 bits per heavy atom. The predicted octanol–water partition coefficient (Wildman–Crippen LogP) is 0.981. The number of hydrogen-bond donors (Lipinski definition) is 2. The lowest BCUT2D eigenvalue weighted by Gasteiger charge is -2.29. The van der Waals surface area contributed by atoms with Crippen LogP contribution >= 0.6 is 0 Å². The van der Waals surface area contributed by atoms with Crippen LogP contribution < -0.4 is 10.5 Å². The number of likely N-dealkylation sites (tertiary alicyclic amines) is 1. The van der Waals surface area contributed by atoms with Crippen molar-refractivity contribution < 1.29 is 9.84 Å². The Hall–Kier alpha value is -1.10. The second kappa shape index (κ2) is 6.73. The zero-order chi connectivity index (χ0) is 12.8. The Bertz CT molecular complexity index is 371. The summed E-state index contributed by atoms with van der Waals surface area (Å²) in [7, 11) is 0. The summed E-state index contributed by atoms with van der Waals surface area (Å²) >= 11 is 0. The van der Waals surface area contributed by atoms with Crippen LogP contribution in [0.3, 0.4) is 0 Å². The monoisotopic (exact) mass is 250 g/mol. The van der Waals surface area contributed by atoms with Gasteiger partial charge in [-0.05, 0) is 37.1 Å². The van der Waals surface area contributed by atoms with Crippen molar-refractivity contribution >= 4 is 0 Å². The highest BCUT2D eigenvalue weighted by Gasteiger charge is 2.16. The molecule has 1 aromatic carbocycles. The summed E-state index contributed by atoms with van der Waals surface area (Å²) in [4.78, 5) is 2.25. The van der Waals surface area contributed by atoms with Crippen molar-refractivity contribution in [2.75, 3.05) is 26.2 Å². The van der Waals surface area contributed by atoms with Gasteiger partial charge in [-0.25, -0.2) is 0 Å². The summed E-state index contributed by atoms with van der Waals surface area (Å²) in [5, 5.41) is 9.57. The zero-order valence-electron chi connectivity index (χ0n) is 10.7. The van der Waals surface area contributed by atoms with Gasteiger partial charge in [0.05, 0.1) is 6.10 Å². The van der Waals surface area contributed by atoms with Gasteiger partial charge in [0, 0.05) is 19.6 Å². The van der Waals surface area contributed by atoms with E-state index in [0.29, 0.717) is 13.2 Å². The van der Waals surface area contributed by atoms with Crippen molar-refractivity contribution in [3.8, 4) is 5.75 Å². The molecule has 0 aromatic heterocycles. The van der Waals surface area contributed by atoms with Crippen LogP contribution in [0.25, 0.3) is 0 Å². The van der Waals surface area contributed by atoms with Crippen molar-refractivity contribution in [2.45, 2.75) is 25.5 Å². The minimum absolute atomic E-state index is 0.167. The average Bonchev–Trinajstić information content (AvgIpc) is 2.39. The Balaban J connectivity index is 1.74. The largest absolute Gasteiger partial charge is 0.492 e. The van der Waals surface area contributed by atoms with Gasteiger partial charge in [-0.3, -0.25) is 4.90 Å². The molecule has 0 spiro atoms. The quantitative estimate of drug-likeness (QED) is 0.818. The number of ether oxygens (including phenoxy) is 1. The number of piperidine rings is 1. The normalized spacial score (nSPS) is 20.9. The van der Waals surface area contributed by atoms with E-state index in [1.807, 2.05) is 24.3 Å². The maximum atomic E-state index is 9.57. The van der Waals surface area contributed by atoms with Crippen molar-refractivity contribution in [1.29, 1.82) is 0 Å². The van der Waals surface area contributed by atoms with Gasteiger partial charge in [-0.1, -0.05) is 12.1 Å². The lowest BCUT2D eigenvalue weighted by Crippen LogP contribution is -2.40. The van der Waals surface area contributed by atoms with Gasteiger partial charge in [0.25, 0.3) is 0 Å². The lowest BCUT2D eigenvalue weighted by atomic mass is 10.1. The standard InChI is InChI=1S/C14H22N2O2/c15-10-12-3-1-5-14(9-12)18-8-7-16-6-2-4-13(17)11-16/h1,3,5,9,13,17H,2,4,6-8,10-11,15H2. The van der Waals surface area contributed by atoms with Gasteiger partial charge in [-0.15, -0.1) is 0 Å². The molecule has 1 saturated heterocycles. The fourth-order valence-corrected chi connectivity index (χ4v) is 2.29. The third-order valence-corrected chi connectivity index (χ3v) is 3.29. The molecule has 2 rings (SSSR count). The first-order valence-electron chi connectivity index (χ1n) is 6.60. The fourth-order valence-electron chi connectivity index (χ4n) is 2.29. The maximum absolute atomic E-state index is 9.57. The summed E-state index contributed by atoms with van der Waals surface area (Å²) in [6.07, 6.45) is 1.83. The van der Waals surface area contributed by atoms with Crippen LogP contribution in [0.5, 0.6) is 5.75 Å². The topological polar surface area (TPSA) is 58.7 Å². The molecule has 0 radical (unpaired) electrons. The molecule has 0 aliphatic carbocycles. The van der Waals surface area contributed by atoms with Gasteiger partial charge in [0.15, 0.2) is 0 Å². The van der Waals surface area contributed by atoms with E-state index in [9.17, 15) is 5.11 Å². The molecule has 1 aromatic rings. The molecule has 1 aliphatic heterocycles. The number of benzene rings is 1. The van der Waals surface area contributed by atoms with Crippen molar-refractivity contribution in [3.63, 3.8) is 0 Å². The third kappa shape index (κ3) is 3.98. The Morgan fingerprint density at radius 1 is 1.44 bits per heavy atom. The summed E-state index contributed by atoms with van der Waals surface area (Å²) in [6, 6.07) is 7.88. The molecule has 4 nitrogen and oxygen atoms in total. The summed E-state index contributed by atoms with van der Waals surface area (Å²) < 4.78 is 5.71. The van der Waals surface area contributed by atoms with Crippen molar-refractivity contribution in [3.05, 3.63) is 29.8 Å². The lowest BCUT2D eigenvalue weighted by molar-refractivity contribution is 0.0633. The van der Waals surface area contributed by atoms with Crippen LogP contribution in [0.4, 0.5) is 0 Å². The van der Waals surface area contributed by atoms with E-state index >= 15 is 0 Å². The number of aliphatic hydroxyl groups is 1. The molecule has 18 heavy (non-hydrogen) atoms. The fraction of sp³-hybridized carbons (Fsp3) is 0.571. The molecule has 1 atom stereocenters. The van der Waals surface area contributed by atoms with Gasteiger partial charge >= 0.3 is 0 Å². The summed E-state index contributed by atoms with van der Waals surface area (Å²) in [6.45, 7) is 3.88. The van der Waals surface area contributed by atoms with Gasteiger partial charge in [0.2, 0.25) is 0 Å². The van der Waals surface area contributed by atoms with E-state index in [-0.39, 0.29) is 6.10 Å². The van der Waals surface area contributed by atoms with Crippen LogP contribution in [0.1, 0.15) is 18.4 Å². The zero-order valence-corrected chi connectivity index (χ0v) is 10.7. The number of nitrogens with two attached hydrogens (primary N) is 1. The summed E-state index contributed by atoms with van der Waals surface area (Å²) in [5.41, 5.74) is 6.67. The molecule has 100 valence electrons. The highest BCUT2D eigenvalue weighted by atomic mass is 16.5. The molecule has 4 heteroatoms. The number of rotatable bonds is 5. The maximum Gasteiger partial charge on any atom is 0.119 e. The van der Waals surface area contributed by atoms with Crippen LogP contribution in [0.2, 0.25) is 0 Å². The molecule has 0 bridgehead atoms. The number of aliphatic hydroxyl groups excluding tert-OH is 1. The Morgan fingerprint density at radius 3 is 3.11 bits per heavy atom. The smallest absolute Gasteiger partial charge is 0.119 e. The second-order valence-electron chi connectivity index (χ2n) is 4.80. The molecular weight excluding hydrogens is 228 g/mol. The second-order valence-corrected chi connectivity index (χ2v) is 4.80. The van der Waals surface area contributed by atoms with E-state index in [4.69, 9.17) is 10.5 Å². The van der Waals surface area contributed by atoms with Crippen LogP contribution in [-0.2, 0) is 6.54 Å². The van der Waals surface area contributed by atoms with Gasteiger partial charge in [0.1, 0.15) is 12.4 Å². The van der Waals surface area contributed by atoms with E-state index < -0.39 is 0 Å². The minimum Gasteiger partial charge on any atom is -0.492 e.